The van der Waals surface area contributed by atoms with Crippen LogP contribution in [-0.4, -0.2) is 50.8 Å². The number of ether oxygens (including phenoxy) is 1. The molecule has 1 spiro atoms. The van der Waals surface area contributed by atoms with Crippen molar-refractivity contribution in [2.24, 2.45) is 0 Å². The molecular weight excluding hydrogens is 426 g/mol. The Labute approximate surface area is 183 Å². The molecule has 0 unspecified atom stereocenters. The molecule has 0 bridgehead atoms. The van der Waals surface area contributed by atoms with Gasteiger partial charge in [-0.1, -0.05) is 0 Å². The predicted octanol–water partition coefficient (Wildman–Crippen LogP) is 1.83. The van der Waals surface area contributed by atoms with Crippen molar-refractivity contribution in [2.45, 2.75) is 31.4 Å². The molecule has 1 fully saturated rings. The van der Waals surface area contributed by atoms with E-state index in [2.05, 4.69) is 35.8 Å². The van der Waals surface area contributed by atoms with Gasteiger partial charge in [0.2, 0.25) is 5.82 Å². The molecular formula is C19H22ClN7O2S. The van der Waals surface area contributed by atoms with E-state index in [1.807, 2.05) is 6.07 Å². The summed E-state index contributed by atoms with van der Waals surface area (Å²) < 4.78 is 6.20. The van der Waals surface area contributed by atoms with Crippen LogP contribution in [0.25, 0.3) is 11.5 Å². The molecule has 3 aromatic heterocycles. The minimum Gasteiger partial charge on any atom is -0.369 e. The van der Waals surface area contributed by atoms with E-state index in [1.165, 1.54) is 10.4 Å². The van der Waals surface area contributed by atoms with Crippen molar-refractivity contribution in [3.05, 3.63) is 45.8 Å². The van der Waals surface area contributed by atoms with Crippen molar-refractivity contribution in [1.29, 1.82) is 0 Å². The minimum absolute atomic E-state index is 0. The van der Waals surface area contributed by atoms with Crippen LogP contribution in [0.1, 0.15) is 38.8 Å². The predicted molar refractivity (Wildman–Crippen MR) is 114 cm³/mol. The summed E-state index contributed by atoms with van der Waals surface area (Å²) in [5.74, 6) is 0.920. The lowest BCUT2D eigenvalue weighted by atomic mass is 9.86. The van der Waals surface area contributed by atoms with Crippen LogP contribution < -0.4 is 10.6 Å². The van der Waals surface area contributed by atoms with E-state index < -0.39 is 0 Å². The third-order valence-electron chi connectivity index (χ3n) is 5.35. The van der Waals surface area contributed by atoms with Crippen molar-refractivity contribution in [3.63, 3.8) is 0 Å². The zero-order valence-electron chi connectivity index (χ0n) is 16.2. The molecule has 2 aliphatic heterocycles. The van der Waals surface area contributed by atoms with Crippen molar-refractivity contribution < 1.29 is 9.53 Å². The molecule has 11 heteroatoms. The van der Waals surface area contributed by atoms with Crippen LogP contribution in [-0.2, 0) is 23.3 Å². The van der Waals surface area contributed by atoms with Gasteiger partial charge in [0.25, 0.3) is 5.91 Å². The maximum atomic E-state index is 12.7. The van der Waals surface area contributed by atoms with Crippen molar-refractivity contribution >= 4 is 29.7 Å². The minimum atomic E-state index is -0.224. The fraction of sp³-hybridized carbons (Fsp3) is 0.421. The van der Waals surface area contributed by atoms with Crippen LogP contribution in [0.3, 0.4) is 0 Å². The lowest BCUT2D eigenvalue weighted by Crippen LogP contribution is -2.43. The van der Waals surface area contributed by atoms with Crippen LogP contribution in [0.5, 0.6) is 0 Å². The summed E-state index contributed by atoms with van der Waals surface area (Å²) >= 11 is 1.56. The normalized spacial score (nSPS) is 17.2. The average molecular weight is 448 g/mol. The van der Waals surface area contributed by atoms with Gasteiger partial charge in [-0.3, -0.25) is 14.9 Å². The van der Waals surface area contributed by atoms with Crippen LogP contribution >= 0.6 is 23.7 Å². The number of hydrogen-bond donors (Lipinski definition) is 3. The Hall–Kier alpha value is -2.40. The van der Waals surface area contributed by atoms with Gasteiger partial charge in [-0.05, 0) is 44.0 Å². The lowest BCUT2D eigenvalue weighted by molar-refractivity contribution is -0.0771. The Balaban J connectivity index is 0.00000218. The molecule has 3 N–H and O–H groups in total. The fourth-order valence-corrected chi connectivity index (χ4v) is 5.22. The van der Waals surface area contributed by atoms with Gasteiger partial charge >= 0.3 is 0 Å². The van der Waals surface area contributed by atoms with Gasteiger partial charge < -0.3 is 15.4 Å². The topological polar surface area (TPSA) is 118 Å². The van der Waals surface area contributed by atoms with Crippen LogP contribution in [0, 0.1) is 0 Å². The number of H-pyrrole nitrogens is 1. The van der Waals surface area contributed by atoms with Crippen molar-refractivity contribution in [3.8, 4) is 11.5 Å². The number of carbonyl (C=O) groups excluding carboxylic acids is 1. The fourth-order valence-electron chi connectivity index (χ4n) is 3.89. The quantitative estimate of drug-likeness (QED) is 0.558. The molecule has 2 aliphatic rings. The number of fused-ring (bicyclic) bond motifs is 2. The first-order chi connectivity index (χ1) is 14.2. The first-order valence-corrected chi connectivity index (χ1v) is 10.5. The number of nitrogens with zero attached hydrogens (tertiary/aromatic N) is 4. The third kappa shape index (κ3) is 3.95. The third-order valence-corrected chi connectivity index (χ3v) is 6.71. The monoisotopic (exact) mass is 447 g/mol. The molecule has 1 amide bonds. The second-order valence-corrected chi connectivity index (χ2v) is 8.24. The lowest BCUT2D eigenvalue weighted by Gasteiger charge is -2.40. The highest BCUT2D eigenvalue weighted by molar-refractivity contribution is 7.14. The van der Waals surface area contributed by atoms with Gasteiger partial charge in [-0.2, -0.15) is 5.10 Å². The summed E-state index contributed by atoms with van der Waals surface area (Å²) in [6.45, 7) is 2.87. The van der Waals surface area contributed by atoms with Gasteiger partial charge in [-0.15, -0.1) is 23.7 Å². The Bertz CT molecular complexity index is 1020. The molecule has 9 nitrogen and oxygen atoms in total. The molecule has 158 valence electrons. The van der Waals surface area contributed by atoms with Crippen LogP contribution in [0.15, 0.2) is 24.7 Å². The second kappa shape index (κ2) is 8.76. The zero-order chi connectivity index (χ0) is 19.7. The number of carbonyl (C=O) groups is 1. The Kier molecular flexibility index (Phi) is 6.09. The van der Waals surface area contributed by atoms with E-state index in [0.29, 0.717) is 28.8 Å². The molecule has 3 aromatic rings. The average Bonchev–Trinajstić information content (AvgIpc) is 3.42. The maximum Gasteiger partial charge on any atom is 0.261 e. The molecule has 0 radical (unpaired) electrons. The first-order valence-electron chi connectivity index (χ1n) is 9.67. The van der Waals surface area contributed by atoms with Crippen LogP contribution in [0.2, 0.25) is 0 Å². The number of hydrogen-bond acceptors (Lipinski definition) is 8. The Morgan fingerprint density at radius 3 is 2.97 bits per heavy atom. The highest BCUT2D eigenvalue weighted by atomic mass is 35.5. The molecule has 1 saturated heterocycles. The second-order valence-electron chi connectivity index (χ2n) is 7.19. The molecule has 30 heavy (non-hydrogen) atoms. The summed E-state index contributed by atoms with van der Waals surface area (Å²) in [5, 5.41) is 13.3. The number of aromatic amines is 1. The van der Waals surface area contributed by atoms with Gasteiger partial charge in [0, 0.05) is 17.3 Å². The molecule has 5 heterocycles. The Morgan fingerprint density at radius 2 is 2.17 bits per heavy atom. The molecule has 0 aromatic carbocycles. The SMILES string of the molecule is Cl.O=C(NCc1nc(-c2cnccn2)n[nH]1)c1cc2c(s1)C1(CCNCC1)OCC2. The summed E-state index contributed by atoms with van der Waals surface area (Å²) in [6.07, 6.45) is 7.54. The molecule has 0 saturated carbocycles. The number of nitrogens with one attached hydrogen (secondary N) is 3. The standard InChI is InChI=1S/C19H21N7O2S.ClH/c27-18(23-11-15-24-17(26-25-15)13-10-21-6-7-22-13)14-9-12-1-8-28-19(16(12)29-14)2-4-20-5-3-19;/h6-7,9-10,20H,1-5,8,11H2,(H,23,27)(H,24,25,26);1H. The van der Waals surface area contributed by atoms with E-state index in [4.69, 9.17) is 4.74 Å². The molecule has 5 rings (SSSR count). The van der Waals surface area contributed by atoms with E-state index in [1.54, 1.807) is 29.9 Å². The number of amides is 1. The number of thiophene rings is 1. The van der Waals surface area contributed by atoms with E-state index in [9.17, 15) is 4.79 Å². The zero-order valence-corrected chi connectivity index (χ0v) is 17.8. The highest BCUT2D eigenvalue weighted by Crippen LogP contribution is 2.44. The summed E-state index contributed by atoms with van der Waals surface area (Å²) in [7, 11) is 0. The largest absolute Gasteiger partial charge is 0.369 e. The number of aromatic nitrogens is 5. The summed E-state index contributed by atoms with van der Waals surface area (Å²) in [6, 6.07) is 2.02. The molecule has 0 aliphatic carbocycles. The highest BCUT2D eigenvalue weighted by Gasteiger charge is 2.41. The maximum absolute atomic E-state index is 12.7. The summed E-state index contributed by atoms with van der Waals surface area (Å²) in [4.78, 5) is 27.2. The van der Waals surface area contributed by atoms with Gasteiger partial charge in [0.15, 0.2) is 0 Å². The van der Waals surface area contributed by atoms with Gasteiger partial charge in [-0.25, -0.2) is 9.97 Å². The Morgan fingerprint density at radius 1 is 1.30 bits per heavy atom. The number of rotatable bonds is 4. The number of halogens is 1. The van der Waals surface area contributed by atoms with E-state index in [-0.39, 0.29) is 30.5 Å². The summed E-state index contributed by atoms with van der Waals surface area (Å²) in [5.41, 5.74) is 1.61. The van der Waals surface area contributed by atoms with Gasteiger partial charge in [0.05, 0.1) is 24.2 Å². The first kappa shape index (κ1) is 20.9. The number of piperidine rings is 1. The smallest absolute Gasteiger partial charge is 0.261 e. The van der Waals surface area contributed by atoms with E-state index in [0.717, 1.165) is 32.4 Å². The van der Waals surface area contributed by atoms with Crippen LogP contribution in [0.4, 0.5) is 0 Å². The van der Waals surface area contributed by atoms with Crippen molar-refractivity contribution in [1.82, 2.24) is 35.8 Å². The van der Waals surface area contributed by atoms with Crippen molar-refractivity contribution in [2.75, 3.05) is 19.7 Å². The van der Waals surface area contributed by atoms with Gasteiger partial charge in [0.1, 0.15) is 17.1 Å². The van der Waals surface area contributed by atoms with E-state index >= 15 is 0 Å². The molecule has 0 atom stereocenters.